The van der Waals surface area contributed by atoms with E-state index >= 15 is 0 Å². The molecule has 1 heterocycles. The number of benzene rings is 1. The number of ether oxygens (including phenoxy) is 1. The number of hydrogen-bond donors (Lipinski definition) is 0. The second-order valence-electron chi connectivity index (χ2n) is 8.01. The van der Waals surface area contributed by atoms with Gasteiger partial charge in [-0.15, -0.1) is 0 Å². The van der Waals surface area contributed by atoms with Crippen LogP contribution < -0.4 is 0 Å². The van der Waals surface area contributed by atoms with Gasteiger partial charge in [0.1, 0.15) is 5.60 Å². The van der Waals surface area contributed by atoms with Crippen LogP contribution in [-0.4, -0.2) is 53.6 Å². The molecule has 3 rings (SSSR count). The summed E-state index contributed by atoms with van der Waals surface area (Å²) in [7, 11) is 0. The lowest BCUT2D eigenvalue weighted by atomic mass is 10.1. The van der Waals surface area contributed by atoms with Crippen LogP contribution in [0, 0.1) is 5.92 Å². The molecule has 2 fully saturated rings. The van der Waals surface area contributed by atoms with Gasteiger partial charge in [0.2, 0.25) is 5.91 Å². The van der Waals surface area contributed by atoms with Crippen LogP contribution in [0.3, 0.4) is 0 Å². The predicted molar refractivity (Wildman–Crippen MR) is 96.3 cm³/mol. The zero-order valence-electron chi connectivity index (χ0n) is 15.4. The van der Waals surface area contributed by atoms with Crippen molar-refractivity contribution in [3.8, 4) is 0 Å². The number of amides is 2. The van der Waals surface area contributed by atoms with Crippen LogP contribution in [-0.2, 0) is 9.53 Å². The van der Waals surface area contributed by atoms with Crippen molar-refractivity contribution in [1.82, 2.24) is 9.80 Å². The molecule has 1 aliphatic heterocycles. The van der Waals surface area contributed by atoms with Crippen molar-refractivity contribution >= 4 is 12.0 Å². The molecule has 136 valence electrons. The topological polar surface area (TPSA) is 49.9 Å². The summed E-state index contributed by atoms with van der Waals surface area (Å²) < 4.78 is 5.45. The normalized spacial score (nSPS) is 23.8. The van der Waals surface area contributed by atoms with Crippen LogP contribution >= 0.6 is 0 Å². The number of hydrogen-bond acceptors (Lipinski definition) is 3. The number of carbonyl (C=O) groups excluding carboxylic acids is 2. The molecule has 1 aromatic carbocycles. The Balaban J connectivity index is 1.53. The van der Waals surface area contributed by atoms with Gasteiger partial charge in [0.05, 0.1) is 0 Å². The van der Waals surface area contributed by atoms with Gasteiger partial charge in [0, 0.05) is 32.1 Å². The third-order valence-corrected chi connectivity index (χ3v) is 4.79. The molecular formula is C20H28N2O3. The highest BCUT2D eigenvalue weighted by atomic mass is 16.6. The molecule has 25 heavy (non-hydrogen) atoms. The lowest BCUT2D eigenvalue weighted by Gasteiger charge is -2.26. The fraction of sp³-hybridized carbons (Fsp3) is 0.600. The average Bonchev–Trinajstić information content (AvgIpc) is 3.37. The largest absolute Gasteiger partial charge is 0.444 e. The Morgan fingerprint density at radius 3 is 2.32 bits per heavy atom. The highest BCUT2D eigenvalue weighted by Gasteiger charge is 2.45. The van der Waals surface area contributed by atoms with E-state index in [1.54, 1.807) is 4.90 Å². The minimum absolute atomic E-state index is 0.107. The molecular weight excluding hydrogens is 316 g/mol. The maximum atomic E-state index is 12.8. The third-order valence-electron chi connectivity index (χ3n) is 4.79. The lowest BCUT2D eigenvalue weighted by molar-refractivity contribution is -0.132. The molecule has 2 amide bonds. The summed E-state index contributed by atoms with van der Waals surface area (Å²) in [4.78, 5) is 28.7. The Bertz CT molecular complexity index is 624. The molecule has 1 aliphatic carbocycles. The molecule has 1 saturated heterocycles. The van der Waals surface area contributed by atoms with Gasteiger partial charge >= 0.3 is 6.09 Å². The molecule has 0 aromatic heterocycles. The lowest BCUT2D eigenvalue weighted by Crippen LogP contribution is -2.40. The first-order chi connectivity index (χ1) is 11.8. The van der Waals surface area contributed by atoms with Gasteiger partial charge < -0.3 is 14.5 Å². The summed E-state index contributed by atoms with van der Waals surface area (Å²) in [6, 6.07) is 10.3. The van der Waals surface area contributed by atoms with Crippen molar-refractivity contribution < 1.29 is 14.3 Å². The smallest absolute Gasteiger partial charge is 0.410 e. The molecule has 2 unspecified atom stereocenters. The minimum atomic E-state index is -0.490. The molecule has 5 heteroatoms. The van der Waals surface area contributed by atoms with Gasteiger partial charge in [0.25, 0.3) is 0 Å². The van der Waals surface area contributed by atoms with Crippen molar-refractivity contribution in [2.75, 3.05) is 26.2 Å². The fourth-order valence-corrected chi connectivity index (χ4v) is 3.42. The summed E-state index contributed by atoms with van der Waals surface area (Å²) in [6.45, 7) is 8.11. The molecule has 0 N–H and O–H groups in total. The minimum Gasteiger partial charge on any atom is -0.444 e. The van der Waals surface area contributed by atoms with Crippen LogP contribution in [0.4, 0.5) is 4.79 Å². The first kappa shape index (κ1) is 17.8. The Labute approximate surface area is 149 Å². The first-order valence-corrected chi connectivity index (χ1v) is 9.17. The summed E-state index contributed by atoms with van der Waals surface area (Å²) in [6.07, 6.45) is 1.46. The van der Waals surface area contributed by atoms with Crippen molar-refractivity contribution in [2.45, 2.75) is 45.1 Å². The fourth-order valence-electron chi connectivity index (χ4n) is 3.42. The highest BCUT2D eigenvalue weighted by molar-refractivity contribution is 5.83. The number of rotatable bonds is 2. The monoisotopic (exact) mass is 344 g/mol. The number of carbonyl (C=O) groups is 2. The SMILES string of the molecule is CC(C)(C)OC(=O)N1CCCN(C(=O)C2CC2c2ccccc2)CC1. The zero-order chi connectivity index (χ0) is 18.0. The molecule has 5 nitrogen and oxygen atoms in total. The van der Waals surface area contributed by atoms with Crippen LogP contribution in [0.5, 0.6) is 0 Å². The van der Waals surface area contributed by atoms with Gasteiger partial charge in [-0.1, -0.05) is 30.3 Å². The van der Waals surface area contributed by atoms with Gasteiger partial charge in [-0.3, -0.25) is 4.79 Å². The summed E-state index contributed by atoms with van der Waals surface area (Å²) >= 11 is 0. The van der Waals surface area contributed by atoms with Gasteiger partial charge in [-0.2, -0.15) is 0 Å². The molecule has 1 saturated carbocycles. The molecule has 0 bridgehead atoms. The third kappa shape index (κ3) is 4.53. The van der Waals surface area contributed by atoms with Crippen LogP contribution in [0.2, 0.25) is 0 Å². The van der Waals surface area contributed by atoms with Crippen molar-refractivity contribution in [3.05, 3.63) is 35.9 Å². The Hall–Kier alpha value is -2.04. The van der Waals surface area contributed by atoms with E-state index in [0.717, 1.165) is 19.4 Å². The zero-order valence-corrected chi connectivity index (χ0v) is 15.4. The average molecular weight is 344 g/mol. The van der Waals surface area contributed by atoms with E-state index in [9.17, 15) is 9.59 Å². The summed E-state index contributed by atoms with van der Waals surface area (Å²) in [5, 5.41) is 0. The summed E-state index contributed by atoms with van der Waals surface area (Å²) in [5.74, 6) is 0.703. The van der Waals surface area contributed by atoms with E-state index in [2.05, 4.69) is 12.1 Å². The predicted octanol–water partition coefficient (Wildman–Crippen LogP) is 3.26. The van der Waals surface area contributed by atoms with Gasteiger partial charge in [-0.05, 0) is 45.1 Å². The van der Waals surface area contributed by atoms with E-state index in [0.29, 0.717) is 25.6 Å². The van der Waals surface area contributed by atoms with E-state index in [-0.39, 0.29) is 17.9 Å². The molecule has 0 radical (unpaired) electrons. The highest BCUT2D eigenvalue weighted by Crippen LogP contribution is 2.48. The maximum Gasteiger partial charge on any atom is 0.410 e. The van der Waals surface area contributed by atoms with Gasteiger partial charge in [-0.25, -0.2) is 4.79 Å². The van der Waals surface area contributed by atoms with E-state index in [1.165, 1.54) is 5.56 Å². The maximum absolute atomic E-state index is 12.8. The van der Waals surface area contributed by atoms with Crippen molar-refractivity contribution in [1.29, 1.82) is 0 Å². The number of nitrogens with zero attached hydrogens (tertiary/aromatic N) is 2. The van der Waals surface area contributed by atoms with Crippen LogP contribution in [0.15, 0.2) is 30.3 Å². The van der Waals surface area contributed by atoms with Gasteiger partial charge in [0.15, 0.2) is 0 Å². The summed E-state index contributed by atoms with van der Waals surface area (Å²) in [5.41, 5.74) is 0.765. The molecule has 0 spiro atoms. The Kier molecular flexibility index (Phi) is 5.02. The molecule has 1 aromatic rings. The molecule has 2 aliphatic rings. The second kappa shape index (κ2) is 7.06. The van der Waals surface area contributed by atoms with Crippen molar-refractivity contribution in [2.24, 2.45) is 5.92 Å². The van der Waals surface area contributed by atoms with E-state index in [4.69, 9.17) is 4.74 Å². The van der Waals surface area contributed by atoms with E-state index < -0.39 is 5.60 Å². The second-order valence-corrected chi connectivity index (χ2v) is 8.01. The quantitative estimate of drug-likeness (QED) is 0.827. The Morgan fingerprint density at radius 2 is 1.64 bits per heavy atom. The van der Waals surface area contributed by atoms with Crippen LogP contribution in [0.25, 0.3) is 0 Å². The van der Waals surface area contributed by atoms with Crippen LogP contribution in [0.1, 0.15) is 45.1 Å². The Morgan fingerprint density at radius 1 is 1.00 bits per heavy atom. The standard InChI is InChI=1S/C20H28N2O3/c1-20(2,3)25-19(24)22-11-7-10-21(12-13-22)18(23)17-14-16(17)15-8-5-4-6-9-15/h4-6,8-9,16-17H,7,10-14H2,1-3H3. The molecule has 2 atom stereocenters. The van der Waals surface area contributed by atoms with Crippen molar-refractivity contribution in [3.63, 3.8) is 0 Å². The van der Waals surface area contributed by atoms with E-state index in [1.807, 2.05) is 43.9 Å². The first-order valence-electron chi connectivity index (χ1n) is 9.17.